The second-order valence-electron chi connectivity index (χ2n) is 3.91. The maximum Gasteiger partial charge on any atom is 0.251 e. The maximum absolute atomic E-state index is 11.6. The molecule has 0 saturated carbocycles. The third-order valence-corrected chi connectivity index (χ3v) is 4.88. The fourth-order valence-electron chi connectivity index (χ4n) is 1.76. The molecular formula is C12H13NO3S2. The fourth-order valence-corrected chi connectivity index (χ4v) is 3.36. The number of H-pyrrole nitrogens is 1. The van der Waals surface area contributed by atoms with Crippen molar-refractivity contribution in [3.8, 4) is 10.4 Å². The molecule has 2 aromatic heterocycles. The molecule has 2 heterocycles. The van der Waals surface area contributed by atoms with Gasteiger partial charge in [-0.3, -0.25) is 4.79 Å². The summed E-state index contributed by atoms with van der Waals surface area (Å²) in [6.45, 7) is 3.73. The Morgan fingerprint density at radius 2 is 2.06 bits per heavy atom. The number of nitrogens with one attached hydrogen (secondary N) is 1. The van der Waals surface area contributed by atoms with E-state index < -0.39 is 10.7 Å². The highest BCUT2D eigenvalue weighted by Gasteiger charge is 2.10. The van der Waals surface area contributed by atoms with Crippen LogP contribution in [0.5, 0.6) is 0 Å². The number of thiol groups is 1. The molecule has 96 valence electrons. The summed E-state index contributed by atoms with van der Waals surface area (Å²) >= 11 is 1.22. The molecule has 4 nitrogen and oxygen atoms in total. The summed E-state index contributed by atoms with van der Waals surface area (Å²) in [5.41, 5.74) is 2.27. The van der Waals surface area contributed by atoms with Crippen LogP contribution in [-0.4, -0.2) is 13.4 Å². The van der Waals surface area contributed by atoms with Crippen LogP contribution in [0.1, 0.15) is 18.2 Å². The molecule has 1 N–H and O–H groups in total. The lowest BCUT2D eigenvalue weighted by Gasteiger charge is -2.05. The first-order valence-corrected chi connectivity index (χ1v) is 7.49. The molecule has 0 fully saturated rings. The minimum absolute atomic E-state index is 0.0783. The minimum Gasteiger partial charge on any atom is -0.326 e. The van der Waals surface area contributed by atoms with Crippen molar-refractivity contribution in [2.45, 2.75) is 24.5 Å². The number of aromatic amines is 1. The Morgan fingerprint density at radius 3 is 2.61 bits per heavy atom. The number of hydrogen-bond donors (Lipinski definition) is 2. The molecule has 0 radical (unpaired) electrons. The predicted molar refractivity (Wildman–Crippen MR) is 73.1 cm³/mol. The molecule has 18 heavy (non-hydrogen) atoms. The Labute approximate surface area is 110 Å². The molecule has 0 unspecified atom stereocenters. The van der Waals surface area contributed by atoms with Gasteiger partial charge in [0.25, 0.3) is 5.56 Å². The van der Waals surface area contributed by atoms with Crippen LogP contribution < -0.4 is 5.56 Å². The Bertz CT molecular complexity index is 702. The molecule has 0 aromatic carbocycles. The lowest BCUT2D eigenvalue weighted by molar-refractivity contribution is 0.616. The summed E-state index contributed by atoms with van der Waals surface area (Å²) in [6, 6.07) is 5.19. The van der Waals surface area contributed by atoms with Crippen molar-refractivity contribution in [2.24, 2.45) is 0 Å². The molecule has 0 atom stereocenters. The summed E-state index contributed by atoms with van der Waals surface area (Å²) in [4.78, 5) is 15.3. The zero-order valence-corrected chi connectivity index (χ0v) is 11.7. The van der Waals surface area contributed by atoms with Crippen molar-refractivity contribution in [2.75, 3.05) is 0 Å². The molecule has 2 aromatic rings. The molecule has 0 bridgehead atoms. The van der Waals surface area contributed by atoms with E-state index in [0.29, 0.717) is 16.2 Å². The standard InChI is InChI=1S/C12H13NO3S2/c1-3-8-6-9(7(2)13-12(8)14)10-4-5-11(17-10)18(15)16/h4-6,18H,3H2,1-2H3,(H,13,14). The molecule has 6 heteroatoms. The fraction of sp³-hybridized carbons (Fsp3) is 0.250. The number of aryl methyl sites for hydroxylation is 2. The summed E-state index contributed by atoms with van der Waals surface area (Å²) < 4.78 is 22.1. The zero-order chi connectivity index (χ0) is 13.3. The van der Waals surface area contributed by atoms with Crippen LogP contribution in [0, 0.1) is 6.92 Å². The van der Waals surface area contributed by atoms with Crippen LogP contribution >= 0.6 is 11.3 Å². The molecule has 0 spiro atoms. The summed E-state index contributed by atoms with van der Waals surface area (Å²) in [5, 5.41) is 0. The van der Waals surface area contributed by atoms with E-state index >= 15 is 0 Å². The third-order valence-electron chi connectivity index (χ3n) is 2.73. The van der Waals surface area contributed by atoms with Crippen molar-refractivity contribution >= 4 is 22.0 Å². The van der Waals surface area contributed by atoms with E-state index in [2.05, 4.69) is 4.98 Å². The van der Waals surface area contributed by atoms with Gasteiger partial charge in [-0.05, 0) is 31.5 Å². The number of pyridine rings is 1. The van der Waals surface area contributed by atoms with E-state index in [1.807, 2.05) is 19.9 Å². The van der Waals surface area contributed by atoms with Crippen molar-refractivity contribution in [3.05, 3.63) is 39.8 Å². The maximum atomic E-state index is 11.6. The van der Waals surface area contributed by atoms with Gasteiger partial charge in [0.15, 0.2) is 10.7 Å². The SMILES string of the molecule is CCc1cc(-c2ccc([SH](=O)=O)s2)c(C)[nH]c1=O. The highest BCUT2D eigenvalue weighted by Crippen LogP contribution is 2.30. The average molecular weight is 283 g/mol. The van der Waals surface area contributed by atoms with E-state index in [-0.39, 0.29) is 5.56 Å². The van der Waals surface area contributed by atoms with Gasteiger partial charge in [-0.2, -0.15) is 0 Å². The van der Waals surface area contributed by atoms with Gasteiger partial charge >= 0.3 is 0 Å². The smallest absolute Gasteiger partial charge is 0.251 e. The van der Waals surface area contributed by atoms with E-state index in [9.17, 15) is 13.2 Å². The highest BCUT2D eigenvalue weighted by molar-refractivity contribution is 7.75. The predicted octanol–water partition coefficient (Wildman–Crippen LogP) is 1.94. The van der Waals surface area contributed by atoms with Crippen LogP contribution in [0.15, 0.2) is 27.2 Å². The Hall–Kier alpha value is -1.40. The van der Waals surface area contributed by atoms with Crippen molar-refractivity contribution in [1.82, 2.24) is 4.98 Å². The first-order chi connectivity index (χ1) is 8.52. The quantitative estimate of drug-likeness (QED) is 0.846. The highest BCUT2D eigenvalue weighted by atomic mass is 32.2. The molecule has 0 amide bonds. The second-order valence-corrected chi connectivity index (χ2v) is 6.29. The van der Waals surface area contributed by atoms with Crippen molar-refractivity contribution in [1.29, 1.82) is 0 Å². The average Bonchev–Trinajstić information content (AvgIpc) is 2.78. The summed E-state index contributed by atoms with van der Waals surface area (Å²) in [7, 11) is -2.55. The van der Waals surface area contributed by atoms with Crippen LogP contribution in [-0.2, 0) is 17.1 Å². The van der Waals surface area contributed by atoms with Crippen LogP contribution in [0.25, 0.3) is 10.4 Å². The van der Waals surface area contributed by atoms with E-state index in [1.54, 1.807) is 12.1 Å². The monoisotopic (exact) mass is 283 g/mol. The summed E-state index contributed by atoms with van der Waals surface area (Å²) in [5.74, 6) is 0. The Morgan fingerprint density at radius 1 is 1.33 bits per heavy atom. The topological polar surface area (TPSA) is 67.0 Å². The molecular weight excluding hydrogens is 270 g/mol. The number of rotatable bonds is 3. The molecule has 2 rings (SSSR count). The summed E-state index contributed by atoms with van der Waals surface area (Å²) in [6.07, 6.45) is 0.649. The molecule has 0 aliphatic rings. The Balaban J connectivity index is 2.59. The molecule has 0 aliphatic carbocycles. The second kappa shape index (κ2) is 5.07. The van der Waals surface area contributed by atoms with Gasteiger partial charge < -0.3 is 4.98 Å². The van der Waals surface area contributed by atoms with E-state index in [0.717, 1.165) is 16.1 Å². The van der Waals surface area contributed by atoms with Gasteiger partial charge in [0.2, 0.25) is 0 Å². The normalized spacial score (nSPS) is 11.1. The Kier molecular flexibility index (Phi) is 3.68. The minimum atomic E-state index is -2.55. The first-order valence-electron chi connectivity index (χ1n) is 5.50. The lowest BCUT2D eigenvalue weighted by atomic mass is 10.1. The van der Waals surface area contributed by atoms with Gasteiger partial charge in [-0.1, -0.05) is 6.92 Å². The first kappa shape index (κ1) is 13.0. The van der Waals surface area contributed by atoms with Crippen LogP contribution in [0.4, 0.5) is 0 Å². The van der Waals surface area contributed by atoms with E-state index in [4.69, 9.17) is 0 Å². The molecule has 0 aliphatic heterocycles. The van der Waals surface area contributed by atoms with Gasteiger partial charge in [0.1, 0.15) is 4.21 Å². The van der Waals surface area contributed by atoms with Gasteiger partial charge in [-0.25, -0.2) is 8.42 Å². The van der Waals surface area contributed by atoms with Gasteiger partial charge in [0.05, 0.1) is 0 Å². The number of aromatic nitrogens is 1. The van der Waals surface area contributed by atoms with Crippen molar-refractivity contribution < 1.29 is 8.42 Å². The third kappa shape index (κ3) is 2.39. The van der Waals surface area contributed by atoms with Gasteiger partial charge in [0, 0.05) is 21.7 Å². The largest absolute Gasteiger partial charge is 0.326 e. The van der Waals surface area contributed by atoms with Crippen LogP contribution in [0.3, 0.4) is 0 Å². The zero-order valence-electron chi connectivity index (χ0n) is 10.0. The number of thiophene rings is 1. The van der Waals surface area contributed by atoms with E-state index in [1.165, 1.54) is 11.3 Å². The van der Waals surface area contributed by atoms with Gasteiger partial charge in [-0.15, -0.1) is 11.3 Å². The number of hydrogen-bond acceptors (Lipinski definition) is 4. The van der Waals surface area contributed by atoms with Crippen molar-refractivity contribution in [3.63, 3.8) is 0 Å². The lowest BCUT2D eigenvalue weighted by Crippen LogP contribution is -2.13. The van der Waals surface area contributed by atoms with Crippen LogP contribution in [0.2, 0.25) is 0 Å². The molecule has 0 saturated heterocycles.